The molecule has 0 saturated carbocycles. The Hall–Kier alpha value is -4.38. The van der Waals surface area contributed by atoms with Gasteiger partial charge in [-0.2, -0.15) is 4.98 Å². The summed E-state index contributed by atoms with van der Waals surface area (Å²) in [7, 11) is 0. The molecule has 9 nitrogen and oxygen atoms in total. The van der Waals surface area contributed by atoms with Crippen molar-refractivity contribution >= 4 is 23.6 Å². The van der Waals surface area contributed by atoms with Crippen LogP contribution < -0.4 is 16.2 Å². The number of thioether (sulfide) groups is 1. The van der Waals surface area contributed by atoms with Crippen LogP contribution in [-0.2, 0) is 17.0 Å². The lowest BCUT2D eigenvalue weighted by molar-refractivity contribution is -0.118. The molecule has 0 aliphatic heterocycles. The molecule has 2 aromatic carbocycles. The SMILES string of the molecule is CC(=O)NCCNC(=O)c1ccc(-n2cc(Cc3cncnc3)c(=O)nc2SCc2ccc(F)cc2)cc1. The summed E-state index contributed by atoms with van der Waals surface area (Å²) in [5.41, 5.74) is 2.92. The third-order valence-electron chi connectivity index (χ3n) is 5.44. The fraction of sp³-hybridized carbons (Fsp3) is 0.185. The van der Waals surface area contributed by atoms with Crippen LogP contribution in [0, 0.1) is 5.82 Å². The predicted molar refractivity (Wildman–Crippen MR) is 142 cm³/mol. The summed E-state index contributed by atoms with van der Waals surface area (Å²) < 4.78 is 15.1. The molecule has 2 aromatic heterocycles. The molecule has 0 bridgehead atoms. The van der Waals surface area contributed by atoms with E-state index in [4.69, 9.17) is 0 Å². The van der Waals surface area contributed by atoms with Gasteiger partial charge in [0.2, 0.25) is 5.91 Å². The Morgan fingerprint density at radius 3 is 2.32 bits per heavy atom. The predicted octanol–water partition coefficient (Wildman–Crippen LogP) is 2.91. The highest BCUT2D eigenvalue weighted by atomic mass is 32.2. The van der Waals surface area contributed by atoms with Crippen molar-refractivity contribution in [3.63, 3.8) is 0 Å². The van der Waals surface area contributed by atoms with Gasteiger partial charge in [-0.05, 0) is 47.5 Å². The first-order valence-corrected chi connectivity index (χ1v) is 12.7. The maximum atomic E-state index is 13.3. The van der Waals surface area contributed by atoms with Gasteiger partial charge in [0.05, 0.1) is 0 Å². The smallest absolute Gasteiger partial charge is 0.277 e. The summed E-state index contributed by atoms with van der Waals surface area (Å²) in [6.07, 6.45) is 6.76. The van der Waals surface area contributed by atoms with Crippen LogP contribution in [0.15, 0.2) is 83.4 Å². The molecular weight excluding hydrogens is 507 g/mol. The van der Waals surface area contributed by atoms with Gasteiger partial charge in [-0.15, -0.1) is 0 Å². The van der Waals surface area contributed by atoms with E-state index in [0.717, 1.165) is 11.1 Å². The highest BCUT2D eigenvalue weighted by molar-refractivity contribution is 7.98. The fourth-order valence-corrected chi connectivity index (χ4v) is 4.48. The second-order valence-corrected chi connectivity index (χ2v) is 9.29. The molecule has 2 N–H and O–H groups in total. The average Bonchev–Trinajstić information content (AvgIpc) is 2.92. The van der Waals surface area contributed by atoms with Gasteiger partial charge in [0.1, 0.15) is 12.1 Å². The minimum absolute atomic E-state index is 0.161. The number of nitrogens with zero attached hydrogens (tertiary/aromatic N) is 4. The fourth-order valence-electron chi connectivity index (χ4n) is 3.55. The van der Waals surface area contributed by atoms with E-state index < -0.39 is 0 Å². The average molecular weight is 533 g/mol. The van der Waals surface area contributed by atoms with Crippen molar-refractivity contribution in [2.75, 3.05) is 13.1 Å². The van der Waals surface area contributed by atoms with Gasteiger partial charge in [0.25, 0.3) is 11.5 Å². The molecule has 2 heterocycles. The zero-order valence-electron chi connectivity index (χ0n) is 20.6. The van der Waals surface area contributed by atoms with Gasteiger partial charge >= 0.3 is 0 Å². The topological polar surface area (TPSA) is 119 Å². The molecule has 4 aromatic rings. The minimum Gasteiger partial charge on any atom is -0.355 e. The highest BCUT2D eigenvalue weighted by Crippen LogP contribution is 2.24. The summed E-state index contributed by atoms with van der Waals surface area (Å²) >= 11 is 1.35. The molecule has 0 aliphatic carbocycles. The van der Waals surface area contributed by atoms with Crippen LogP contribution in [0.1, 0.15) is 34.0 Å². The number of carbonyl (C=O) groups excluding carboxylic acids is 2. The van der Waals surface area contributed by atoms with Crippen LogP contribution in [0.4, 0.5) is 4.39 Å². The minimum atomic E-state index is -0.359. The summed E-state index contributed by atoms with van der Waals surface area (Å²) in [5, 5.41) is 5.84. The maximum Gasteiger partial charge on any atom is 0.277 e. The van der Waals surface area contributed by atoms with E-state index in [2.05, 4.69) is 25.6 Å². The molecular formula is C27H25FN6O3S. The third-order valence-corrected chi connectivity index (χ3v) is 6.47. The van der Waals surface area contributed by atoms with Crippen molar-refractivity contribution in [1.82, 2.24) is 30.2 Å². The normalized spacial score (nSPS) is 10.7. The van der Waals surface area contributed by atoms with Crippen LogP contribution in [-0.4, -0.2) is 44.4 Å². The monoisotopic (exact) mass is 532 g/mol. The van der Waals surface area contributed by atoms with Crippen molar-refractivity contribution in [1.29, 1.82) is 0 Å². The lowest BCUT2D eigenvalue weighted by atomic mass is 10.1. The van der Waals surface area contributed by atoms with Gasteiger partial charge in [-0.3, -0.25) is 19.0 Å². The molecule has 0 unspecified atom stereocenters. The molecule has 0 spiro atoms. The maximum absolute atomic E-state index is 13.3. The van der Waals surface area contributed by atoms with E-state index in [1.807, 2.05) is 0 Å². The molecule has 2 amide bonds. The van der Waals surface area contributed by atoms with E-state index in [9.17, 15) is 18.8 Å². The Morgan fingerprint density at radius 1 is 0.947 bits per heavy atom. The molecule has 11 heteroatoms. The zero-order chi connectivity index (χ0) is 26.9. The number of hydrogen-bond donors (Lipinski definition) is 2. The molecule has 0 aliphatic rings. The molecule has 38 heavy (non-hydrogen) atoms. The Morgan fingerprint density at radius 2 is 1.63 bits per heavy atom. The summed E-state index contributed by atoms with van der Waals surface area (Å²) in [5.74, 6) is -0.267. The Balaban J connectivity index is 1.59. The van der Waals surface area contributed by atoms with Crippen molar-refractivity contribution in [3.05, 3.63) is 112 Å². The van der Waals surface area contributed by atoms with Crippen molar-refractivity contribution in [2.24, 2.45) is 0 Å². The number of rotatable bonds is 10. The van der Waals surface area contributed by atoms with Crippen LogP contribution in [0.2, 0.25) is 0 Å². The first-order chi connectivity index (χ1) is 18.4. The Bertz CT molecular complexity index is 1460. The number of nitrogens with one attached hydrogen (secondary N) is 2. The van der Waals surface area contributed by atoms with Gasteiger partial charge in [0.15, 0.2) is 5.16 Å². The lowest BCUT2D eigenvalue weighted by Crippen LogP contribution is -2.33. The van der Waals surface area contributed by atoms with Crippen LogP contribution in [0.25, 0.3) is 5.69 Å². The Labute approximate surface area is 222 Å². The highest BCUT2D eigenvalue weighted by Gasteiger charge is 2.13. The lowest BCUT2D eigenvalue weighted by Gasteiger charge is -2.15. The van der Waals surface area contributed by atoms with Crippen molar-refractivity contribution in [3.8, 4) is 5.69 Å². The van der Waals surface area contributed by atoms with Crippen molar-refractivity contribution in [2.45, 2.75) is 24.3 Å². The second-order valence-electron chi connectivity index (χ2n) is 8.35. The first kappa shape index (κ1) is 26.7. The Kier molecular flexibility index (Phi) is 8.94. The number of carbonyl (C=O) groups is 2. The van der Waals surface area contributed by atoms with Gasteiger partial charge in [-0.1, -0.05) is 23.9 Å². The largest absolute Gasteiger partial charge is 0.355 e. The number of aromatic nitrogens is 4. The van der Waals surface area contributed by atoms with E-state index in [1.165, 1.54) is 37.1 Å². The molecule has 0 radical (unpaired) electrons. The van der Waals surface area contributed by atoms with Crippen LogP contribution in [0.3, 0.4) is 0 Å². The number of hydrogen-bond acceptors (Lipinski definition) is 7. The van der Waals surface area contributed by atoms with Gasteiger partial charge in [-0.25, -0.2) is 14.4 Å². The molecule has 0 atom stereocenters. The standard InChI is InChI=1S/C27H25FN6O3S/c1-18(35)31-10-11-32-25(36)21-4-8-24(9-5-21)34-15-22(12-20-13-29-17-30-14-20)26(37)33-27(34)38-16-19-2-6-23(28)7-3-19/h2-9,13-15,17H,10-12,16H2,1H3,(H,31,35)(H,32,36). The number of halogens is 1. The molecule has 194 valence electrons. The first-order valence-electron chi connectivity index (χ1n) is 11.8. The van der Waals surface area contributed by atoms with Crippen molar-refractivity contribution < 1.29 is 14.0 Å². The van der Waals surface area contributed by atoms with E-state index in [0.29, 0.717) is 47.2 Å². The van der Waals surface area contributed by atoms with E-state index in [1.54, 1.807) is 59.6 Å². The van der Waals surface area contributed by atoms with E-state index >= 15 is 0 Å². The number of benzene rings is 2. The summed E-state index contributed by atoms with van der Waals surface area (Å²) in [6, 6.07) is 13.1. The molecule has 4 rings (SSSR count). The van der Waals surface area contributed by atoms with Gasteiger partial charge < -0.3 is 10.6 Å². The molecule has 0 fully saturated rings. The van der Waals surface area contributed by atoms with Crippen LogP contribution >= 0.6 is 11.8 Å². The van der Waals surface area contributed by atoms with E-state index in [-0.39, 0.29) is 23.2 Å². The summed E-state index contributed by atoms with van der Waals surface area (Å²) in [6.45, 7) is 2.06. The second kappa shape index (κ2) is 12.7. The van der Waals surface area contributed by atoms with Gasteiger partial charge in [0, 0.05) is 67.6 Å². The molecule has 0 saturated heterocycles. The third kappa shape index (κ3) is 7.32. The zero-order valence-corrected chi connectivity index (χ0v) is 21.4. The van der Waals surface area contributed by atoms with Crippen LogP contribution in [0.5, 0.6) is 0 Å². The number of amides is 2. The quantitative estimate of drug-likeness (QED) is 0.183. The summed E-state index contributed by atoms with van der Waals surface area (Å²) in [4.78, 5) is 48.7.